The van der Waals surface area contributed by atoms with E-state index in [9.17, 15) is 4.79 Å². The Hall–Kier alpha value is -1.87. The van der Waals surface area contributed by atoms with Crippen LogP contribution in [0.2, 0.25) is 5.02 Å². The van der Waals surface area contributed by atoms with Crippen molar-refractivity contribution in [1.29, 1.82) is 0 Å². The van der Waals surface area contributed by atoms with Crippen molar-refractivity contribution in [3.63, 3.8) is 0 Å². The summed E-state index contributed by atoms with van der Waals surface area (Å²) in [7, 11) is 0. The number of rotatable bonds is 3. The van der Waals surface area contributed by atoms with Gasteiger partial charge >= 0.3 is 0 Å². The molecule has 0 amide bonds. The molecule has 1 aromatic carbocycles. The summed E-state index contributed by atoms with van der Waals surface area (Å²) in [5.41, 5.74) is 6.84. The molecule has 0 spiro atoms. The molecule has 0 unspecified atom stereocenters. The maximum Gasteiger partial charge on any atom is 0.177 e. The number of pyridine rings is 1. The van der Waals surface area contributed by atoms with Gasteiger partial charge < -0.3 is 5.73 Å². The molecule has 3 nitrogen and oxygen atoms in total. The molecule has 0 atom stereocenters. The van der Waals surface area contributed by atoms with Gasteiger partial charge in [0, 0.05) is 6.20 Å². The predicted octanol–water partition coefficient (Wildman–Crippen LogP) is 3.23. The second-order valence-electron chi connectivity index (χ2n) is 4.86. The van der Waals surface area contributed by atoms with Crippen LogP contribution in [0.4, 0.5) is 5.82 Å². The maximum absolute atomic E-state index is 12.7. The molecule has 2 N–H and O–H groups in total. The van der Waals surface area contributed by atoms with E-state index in [2.05, 4.69) is 4.98 Å². The molecule has 1 aromatic heterocycles. The minimum Gasteiger partial charge on any atom is -0.383 e. The number of carbonyl (C=O) groups is 1. The molecule has 1 fully saturated rings. The molecule has 2 aromatic rings. The fraction of sp³-hybridized carbons (Fsp3) is 0.200. The van der Waals surface area contributed by atoms with E-state index in [1.54, 1.807) is 6.07 Å². The summed E-state index contributed by atoms with van der Waals surface area (Å²) >= 11 is 5.91. The molecular weight excluding hydrogens is 260 g/mol. The van der Waals surface area contributed by atoms with Gasteiger partial charge in [-0.1, -0.05) is 41.9 Å². The lowest BCUT2D eigenvalue weighted by atomic mass is 9.88. The van der Waals surface area contributed by atoms with Crippen molar-refractivity contribution in [3.05, 3.63) is 58.7 Å². The number of hydrogen-bond donors (Lipinski definition) is 1. The zero-order chi connectivity index (χ0) is 13.5. The van der Waals surface area contributed by atoms with Gasteiger partial charge in [0.25, 0.3) is 0 Å². The topological polar surface area (TPSA) is 56.0 Å². The first-order chi connectivity index (χ1) is 9.13. The highest BCUT2D eigenvalue weighted by Gasteiger charge is 2.51. The van der Waals surface area contributed by atoms with Crippen LogP contribution in [0.1, 0.15) is 28.8 Å². The molecule has 96 valence electrons. The second kappa shape index (κ2) is 4.35. The molecule has 0 radical (unpaired) electrons. The average Bonchev–Trinajstić information content (AvgIpc) is 3.23. The van der Waals surface area contributed by atoms with Gasteiger partial charge in [-0.25, -0.2) is 4.98 Å². The first-order valence-electron chi connectivity index (χ1n) is 6.15. The van der Waals surface area contributed by atoms with Gasteiger partial charge in [-0.3, -0.25) is 4.79 Å². The number of anilines is 1. The van der Waals surface area contributed by atoms with Crippen molar-refractivity contribution in [3.8, 4) is 0 Å². The van der Waals surface area contributed by atoms with E-state index in [0.717, 1.165) is 18.4 Å². The van der Waals surface area contributed by atoms with Crippen molar-refractivity contribution in [2.75, 3.05) is 5.73 Å². The number of nitrogens with zero attached hydrogens (tertiary/aromatic N) is 1. The highest BCUT2D eigenvalue weighted by molar-refractivity contribution is 6.31. The number of hydrogen-bond acceptors (Lipinski definition) is 3. The summed E-state index contributed by atoms with van der Waals surface area (Å²) in [5.74, 6) is 0.266. The van der Waals surface area contributed by atoms with Crippen molar-refractivity contribution in [1.82, 2.24) is 4.98 Å². The van der Waals surface area contributed by atoms with E-state index in [1.165, 1.54) is 6.20 Å². The van der Waals surface area contributed by atoms with Gasteiger partial charge in [0.2, 0.25) is 0 Å². The van der Waals surface area contributed by atoms with E-state index in [4.69, 9.17) is 17.3 Å². The second-order valence-corrected chi connectivity index (χ2v) is 5.30. The molecule has 1 saturated carbocycles. The Morgan fingerprint density at radius 3 is 2.58 bits per heavy atom. The van der Waals surface area contributed by atoms with Crippen LogP contribution in [0.15, 0.2) is 42.6 Å². The van der Waals surface area contributed by atoms with Gasteiger partial charge in [0.05, 0.1) is 16.0 Å². The first kappa shape index (κ1) is 12.2. The third kappa shape index (κ3) is 2.00. The molecule has 0 saturated heterocycles. The van der Waals surface area contributed by atoms with Crippen LogP contribution in [0.3, 0.4) is 0 Å². The van der Waals surface area contributed by atoms with Crippen LogP contribution in [0, 0.1) is 0 Å². The predicted molar refractivity (Wildman–Crippen MR) is 75.3 cm³/mol. The maximum atomic E-state index is 12.7. The number of benzene rings is 1. The Morgan fingerprint density at radius 2 is 1.95 bits per heavy atom. The van der Waals surface area contributed by atoms with Crippen molar-refractivity contribution in [2.45, 2.75) is 18.3 Å². The summed E-state index contributed by atoms with van der Waals surface area (Å²) in [6.45, 7) is 0. The SMILES string of the molecule is Nc1ncc(Cl)cc1C(=O)C1(c2ccccc2)CC1. The fourth-order valence-corrected chi connectivity index (χ4v) is 2.58. The van der Waals surface area contributed by atoms with Gasteiger partial charge in [0.15, 0.2) is 5.78 Å². The van der Waals surface area contributed by atoms with E-state index >= 15 is 0 Å². The number of nitrogen functional groups attached to an aromatic ring is 1. The highest BCUT2D eigenvalue weighted by Crippen LogP contribution is 2.50. The molecule has 0 aliphatic heterocycles. The number of aromatic nitrogens is 1. The number of nitrogens with two attached hydrogens (primary N) is 1. The molecular formula is C15H13ClN2O. The first-order valence-corrected chi connectivity index (χ1v) is 6.53. The summed E-state index contributed by atoms with van der Waals surface area (Å²) < 4.78 is 0. The van der Waals surface area contributed by atoms with E-state index in [1.807, 2.05) is 30.3 Å². The van der Waals surface area contributed by atoms with Crippen LogP contribution in [-0.4, -0.2) is 10.8 Å². The zero-order valence-electron chi connectivity index (χ0n) is 10.3. The lowest BCUT2D eigenvalue weighted by Crippen LogP contribution is -2.22. The number of carbonyl (C=O) groups excluding carboxylic acids is 1. The van der Waals surface area contributed by atoms with Crippen LogP contribution in [0.25, 0.3) is 0 Å². The average molecular weight is 273 g/mol. The highest BCUT2D eigenvalue weighted by atomic mass is 35.5. The largest absolute Gasteiger partial charge is 0.383 e. The molecule has 3 rings (SSSR count). The minimum atomic E-state index is -0.429. The summed E-state index contributed by atoms with van der Waals surface area (Å²) in [6.07, 6.45) is 3.15. The lowest BCUT2D eigenvalue weighted by molar-refractivity contribution is 0.0946. The van der Waals surface area contributed by atoms with Crippen molar-refractivity contribution < 1.29 is 4.79 Å². The van der Waals surface area contributed by atoms with Crippen LogP contribution < -0.4 is 5.73 Å². The Kier molecular flexibility index (Phi) is 2.79. The molecule has 0 bridgehead atoms. The Balaban J connectivity index is 2.03. The van der Waals surface area contributed by atoms with Gasteiger partial charge in [-0.15, -0.1) is 0 Å². The standard InChI is InChI=1S/C15H13ClN2O/c16-11-8-12(14(17)18-9-11)13(19)15(6-7-15)10-4-2-1-3-5-10/h1-5,8-9H,6-7H2,(H2,17,18). The molecule has 1 aliphatic carbocycles. The quantitative estimate of drug-likeness (QED) is 0.873. The third-order valence-electron chi connectivity index (χ3n) is 3.64. The number of halogens is 1. The van der Waals surface area contributed by atoms with E-state index in [0.29, 0.717) is 10.6 Å². The Morgan fingerprint density at radius 1 is 1.26 bits per heavy atom. The monoisotopic (exact) mass is 272 g/mol. The summed E-state index contributed by atoms with van der Waals surface area (Å²) in [5, 5.41) is 0.432. The normalized spacial score (nSPS) is 16.1. The Bertz CT molecular complexity index is 636. The van der Waals surface area contributed by atoms with Gasteiger partial charge in [-0.05, 0) is 24.5 Å². The van der Waals surface area contributed by atoms with Crippen LogP contribution >= 0.6 is 11.6 Å². The molecule has 19 heavy (non-hydrogen) atoms. The molecule has 4 heteroatoms. The number of ketones is 1. The van der Waals surface area contributed by atoms with Gasteiger partial charge in [0.1, 0.15) is 5.82 Å². The van der Waals surface area contributed by atoms with Crippen LogP contribution in [0.5, 0.6) is 0 Å². The summed E-state index contributed by atoms with van der Waals surface area (Å²) in [4.78, 5) is 16.7. The third-order valence-corrected chi connectivity index (χ3v) is 3.85. The smallest absolute Gasteiger partial charge is 0.177 e. The summed E-state index contributed by atoms with van der Waals surface area (Å²) in [6, 6.07) is 11.4. The minimum absolute atomic E-state index is 0.0196. The van der Waals surface area contributed by atoms with Crippen LogP contribution in [-0.2, 0) is 5.41 Å². The van der Waals surface area contributed by atoms with Crippen molar-refractivity contribution >= 4 is 23.2 Å². The fourth-order valence-electron chi connectivity index (χ4n) is 2.42. The van der Waals surface area contributed by atoms with E-state index in [-0.39, 0.29) is 11.6 Å². The van der Waals surface area contributed by atoms with Gasteiger partial charge in [-0.2, -0.15) is 0 Å². The van der Waals surface area contributed by atoms with E-state index < -0.39 is 5.41 Å². The molecule has 1 heterocycles. The molecule has 1 aliphatic rings. The number of Topliss-reactive ketones (excluding diaryl/α,β-unsaturated/α-hetero) is 1. The lowest BCUT2D eigenvalue weighted by Gasteiger charge is -2.15. The van der Waals surface area contributed by atoms with Crippen molar-refractivity contribution in [2.24, 2.45) is 0 Å². The Labute approximate surface area is 116 Å². The zero-order valence-corrected chi connectivity index (χ0v) is 11.0.